The quantitative estimate of drug-likeness (QED) is 0.891. The Kier molecular flexibility index (Phi) is 4.43. The minimum atomic E-state index is -0.0200. The molecule has 0 fully saturated rings. The third-order valence-electron chi connectivity index (χ3n) is 4.34. The smallest absolute Gasteiger partial charge is 0.0659 e. The molecule has 2 heterocycles. The number of ether oxygens (including phenoxy) is 1. The maximum Gasteiger partial charge on any atom is 0.0659 e. The molecule has 0 aliphatic carbocycles. The summed E-state index contributed by atoms with van der Waals surface area (Å²) in [4.78, 5) is 4.09. The average Bonchev–Trinajstić information content (AvgIpc) is 2.86. The Balaban J connectivity index is 2.28. The van der Waals surface area contributed by atoms with Crippen molar-refractivity contribution in [2.75, 3.05) is 26.8 Å². The lowest BCUT2D eigenvalue weighted by atomic mass is 9.88. The number of methoxy groups -OCH3 is 1. The van der Waals surface area contributed by atoms with Gasteiger partial charge in [-0.3, -0.25) is 4.90 Å². The van der Waals surface area contributed by atoms with Crippen LogP contribution >= 0.6 is 11.3 Å². The molecule has 1 aliphatic heterocycles. The Morgan fingerprint density at radius 1 is 1.61 bits per heavy atom. The van der Waals surface area contributed by atoms with Gasteiger partial charge in [0.2, 0.25) is 0 Å². The average molecular weight is 268 g/mol. The first-order valence-corrected chi connectivity index (χ1v) is 7.58. The van der Waals surface area contributed by atoms with E-state index < -0.39 is 0 Å². The van der Waals surface area contributed by atoms with Crippen molar-refractivity contribution >= 4 is 11.3 Å². The van der Waals surface area contributed by atoms with Crippen LogP contribution in [-0.2, 0) is 11.2 Å². The summed E-state index contributed by atoms with van der Waals surface area (Å²) in [5, 5.41) is 2.21. The van der Waals surface area contributed by atoms with Crippen molar-refractivity contribution in [3.8, 4) is 0 Å². The fourth-order valence-corrected chi connectivity index (χ4v) is 4.10. The number of nitrogens with two attached hydrogens (primary N) is 1. The van der Waals surface area contributed by atoms with Gasteiger partial charge in [-0.15, -0.1) is 11.3 Å². The Morgan fingerprint density at radius 2 is 2.39 bits per heavy atom. The van der Waals surface area contributed by atoms with Gasteiger partial charge in [-0.2, -0.15) is 0 Å². The second kappa shape index (κ2) is 5.70. The van der Waals surface area contributed by atoms with Crippen molar-refractivity contribution in [1.29, 1.82) is 0 Å². The molecule has 0 radical (unpaired) electrons. The van der Waals surface area contributed by atoms with Crippen molar-refractivity contribution in [1.82, 2.24) is 4.90 Å². The molecule has 0 saturated carbocycles. The number of thiophene rings is 1. The van der Waals surface area contributed by atoms with E-state index in [9.17, 15) is 0 Å². The topological polar surface area (TPSA) is 38.5 Å². The summed E-state index contributed by atoms with van der Waals surface area (Å²) < 4.78 is 5.44. The highest BCUT2D eigenvalue weighted by atomic mass is 32.1. The zero-order valence-electron chi connectivity index (χ0n) is 11.6. The standard InChI is InChI=1S/C14H24N2OS/c1-4-14(9-15,10-17-3)16-7-5-13-12(11(16)2)6-8-18-13/h6,8,11H,4-5,7,9-10,15H2,1-3H3. The Hall–Kier alpha value is -0.420. The third kappa shape index (κ3) is 2.23. The molecule has 0 amide bonds. The summed E-state index contributed by atoms with van der Waals surface area (Å²) in [6, 6.07) is 2.71. The largest absolute Gasteiger partial charge is 0.383 e. The van der Waals surface area contributed by atoms with Crippen molar-refractivity contribution in [2.24, 2.45) is 5.73 Å². The third-order valence-corrected chi connectivity index (χ3v) is 5.33. The molecule has 1 aromatic heterocycles. The molecule has 0 bridgehead atoms. The second-order valence-electron chi connectivity index (χ2n) is 5.13. The van der Waals surface area contributed by atoms with Crippen LogP contribution < -0.4 is 5.73 Å². The van der Waals surface area contributed by atoms with Crippen molar-refractivity contribution in [3.63, 3.8) is 0 Å². The molecular formula is C14H24N2OS. The molecule has 2 N–H and O–H groups in total. The van der Waals surface area contributed by atoms with E-state index in [4.69, 9.17) is 10.5 Å². The van der Waals surface area contributed by atoms with Crippen LogP contribution in [0.2, 0.25) is 0 Å². The van der Waals surface area contributed by atoms with Crippen LogP contribution in [0.4, 0.5) is 0 Å². The van der Waals surface area contributed by atoms with E-state index in [1.165, 1.54) is 10.4 Å². The van der Waals surface area contributed by atoms with Crippen LogP contribution in [0.5, 0.6) is 0 Å². The fourth-order valence-electron chi connectivity index (χ4n) is 3.13. The van der Waals surface area contributed by atoms with Gasteiger partial charge in [0.25, 0.3) is 0 Å². The van der Waals surface area contributed by atoms with E-state index in [0.717, 1.165) is 19.4 Å². The molecule has 1 aliphatic rings. The zero-order chi connectivity index (χ0) is 13.2. The number of rotatable bonds is 5. The molecule has 18 heavy (non-hydrogen) atoms. The molecule has 0 spiro atoms. The first-order chi connectivity index (χ1) is 8.68. The predicted molar refractivity (Wildman–Crippen MR) is 77.1 cm³/mol. The lowest BCUT2D eigenvalue weighted by Gasteiger charge is -2.48. The summed E-state index contributed by atoms with van der Waals surface area (Å²) in [6.07, 6.45) is 2.17. The van der Waals surface area contributed by atoms with Gasteiger partial charge in [-0.05, 0) is 36.8 Å². The molecule has 3 nitrogen and oxygen atoms in total. The summed E-state index contributed by atoms with van der Waals surface area (Å²) >= 11 is 1.88. The van der Waals surface area contributed by atoms with E-state index in [-0.39, 0.29) is 5.54 Å². The summed E-state index contributed by atoms with van der Waals surface area (Å²) in [6.45, 7) is 6.95. The van der Waals surface area contributed by atoms with Gasteiger partial charge in [0, 0.05) is 31.1 Å². The van der Waals surface area contributed by atoms with Crippen molar-refractivity contribution in [2.45, 2.75) is 38.3 Å². The van der Waals surface area contributed by atoms with Gasteiger partial charge in [-0.1, -0.05) is 6.92 Å². The van der Waals surface area contributed by atoms with Crippen molar-refractivity contribution < 1.29 is 4.74 Å². The highest BCUT2D eigenvalue weighted by Gasteiger charge is 2.39. The molecular weight excluding hydrogens is 244 g/mol. The molecule has 0 saturated heterocycles. The SMILES string of the molecule is CCC(CN)(COC)N1CCc2sccc2C1C. The number of hydrogen-bond acceptors (Lipinski definition) is 4. The second-order valence-corrected chi connectivity index (χ2v) is 6.13. The fraction of sp³-hybridized carbons (Fsp3) is 0.714. The lowest BCUT2D eigenvalue weighted by Crippen LogP contribution is -2.58. The van der Waals surface area contributed by atoms with E-state index in [1.807, 2.05) is 11.3 Å². The predicted octanol–water partition coefficient (Wildman–Crippen LogP) is 2.42. The molecule has 0 aromatic carbocycles. The van der Waals surface area contributed by atoms with Crippen molar-refractivity contribution in [3.05, 3.63) is 21.9 Å². The maximum atomic E-state index is 6.07. The van der Waals surface area contributed by atoms with Crippen LogP contribution in [0.1, 0.15) is 36.8 Å². The molecule has 2 atom stereocenters. The zero-order valence-corrected chi connectivity index (χ0v) is 12.4. The number of fused-ring (bicyclic) bond motifs is 1. The summed E-state index contributed by atoms with van der Waals surface area (Å²) in [7, 11) is 1.77. The van der Waals surface area contributed by atoms with Crippen LogP contribution in [0, 0.1) is 0 Å². The Bertz CT molecular complexity index is 387. The van der Waals surface area contributed by atoms with Crippen LogP contribution in [0.25, 0.3) is 0 Å². The number of nitrogens with zero attached hydrogens (tertiary/aromatic N) is 1. The van der Waals surface area contributed by atoms with Gasteiger partial charge in [0.1, 0.15) is 0 Å². The first kappa shape index (κ1) is 14.0. The summed E-state index contributed by atoms with van der Waals surface area (Å²) in [5.74, 6) is 0. The molecule has 2 unspecified atom stereocenters. The molecule has 1 aromatic rings. The van der Waals surface area contributed by atoms with E-state index in [1.54, 1.807) is 7.11 Å². The van der Waals surface area contributed by atoms with Gasteiger partial charge in [-0.25, -0.2) is 0 Å². The molecule has 4 heteroatoms. The summed E-state index contributed by atoms with van der Waals surface area (Å²) in [5.41, 5.74) is 7.53. The maximum absolute atomic E-state index is 6.07. The van der Waals surface area contributed by atoms with Gasteiger partial charge >= 0.3 is 0 Å². The van der Waals surface area contributed by atoms with Gasteiger partial charge in [0.05, 0.1) is 12.1 Å². The Morgan fingerprint density at radius 3 is 3.00 bits per heavy atom. The normalized spacial score (nSPS) is 23.7. The van der Waals surface area contributed by atoms with E-state index in [2.05, 4.69) is 30.2 Å². The van der Waals surface area contributed by atoms with Crippen LogP contribution in [0.15, 0.2) is 11.4 Å². The minimum Gasteiger partial charge on any atom is -0.383 e. The van der Waals surface area contributed by atoms with E-state index >= 15 is 0 Å². The first-order valence-electron chi connectivity index (χ1n) is 6.70. The van der Waals surface area contributed by atoms with Crippen LogP contribution in [-0.4, -0.2) is 37.2 Å². The Labute approximate surface area is 114 Å². The minimum absolute atomic E-state index is 0.0200. The number of hydrogen-bond donors (Lipinski definition) is 1. The highest BCUT2D eigenvalue weighted by Crippen LogP contribution is 2.38. The molecule has 2 rings (SSSR count). The molecule has 102 valence electrons. The highest BCUT2D eigenvalue weighted by molar-refractivity contribution is 7.10. The lowest BCUT2D eigenvalue weighted by molar-refractivity contribution is -0.0154. The monoisotopic (exact) mass is 268 g/mol. The van der Waals surface area contributed by atoms with E-state index in [0.29, 0.717) is 19.2 Å². The van der Waals surface area contributed by atoms with Gasteiger partial charge in [0.15, 0.2) is 0 Å². The van der Waals surface area contributed by atoms with Crippen LogP contribution in [0.3, 0.4) is 0 Å². The van der Waals surface area contributed by atoms with Gasteiger partial charge < -0.3 is 10.5 Å².